The van der Waals surface area contributed by atoms with E-state index in [1.54, 1.807) is 12.1 Å². The normalized spacial score (nSPS) is 18.6. The molecule has 0 bridgehead atoms. The van der Waals surface area contributed by atoms with Crippen LogP contribution in [0.5, 0.6) is 5.75 Å². The van der Waals surface area contributed by atoms with Crippen molar-refractivity contribution in [2.24, 2.45) is 11.0 Å². The molecular formula is C32H37N3O2. The van der Waals surface area contributed by atoms with Crippen LogP contribution in [-0.4, -0.2) is 48.3 Å². The lowest BCUT2D eigenvalue weighted by molar-refractivity contribution is -0.134. The van der Waals surface area contributed by atoms with E-state index < -0.39 is 0 Å². The molecule has 5 nitrogen and oxygen atoms in total. The van der Waals surface area contributed by atoms with Crippen molar-refractivity contribution >= 4 is 11.6 Å². The number of nitrogens with zero attached hydrogens (tertiary/aromatic N) is 3. The molecule has 1 atom stereocenters. The average Bonchev–Trinajstić information content (AvgIpc) is 3.37. The topological polar surface area (TPSA) is 45.1 Å². The van der Waals surface area contributed by atoms with Gasteiger partial charge in [0, 0.05) is 12.0 Å². The van der Waals surface area contributed by atoms with Crippen LogP contribution in [0.2, 0.25) is 0 Å². The van der Waals surface area contributed by atoms with Gasteiger partial charge in [0.25, 0.3) is 5.91 Å². The van der Waals surface area contributed by atoms with Gasteiger partial charge in [-0.1, -0.05) is 60.2 Å². The number of carbonyl (C=O) groups excluding carboxylic acids is 1. The molecule has 0 aromatic heterocycles. The number of hydrogen-bond acceptors (Lipinski definition) is 4. The lowest BCUT2D eigenvalue weighted by Gasteiger charge is -2.33. The summed E-state index contributed by atoms with van der Waals surface area (Å²) >= 11 is 0. The van der Waals surface area contributed by atoms with Crippen LogP contribution in [0.4, 0.5) is 0 Å². The van der Waals surface area contributed by atoms with Gasteiger partial charge in [-0.2, -0.15) is 5.10 Å². The van der Waals surface area contributed by atoms with E-state index in [0.29, 0.717) is 18.9 Å². The summed E-state index contributed by atoms with van der Waals surface area (Å²) in [4.78, 5) is 16.0. The van der Waals surface area contributed by atoms with Gasteiger partial charge in [0.1, 0.15) is 5.75 Å². The molecule has 2 heterocycles. The molecule has 192 valence electrons. The van der Waals surface area contributed by atoms with Crippen LogP contribution in [-0.2, 0) is 11.2 Å². The number of hydrazone groups is 1. The van der Waals surface area contributed by atoms with Crippen LogP contribution in [0.25, 0.3) is 0 Å². The van der Waals surface area contributed by atoms with Crippen LogP contribution in [0, 0.1) is 19.8 Å². The molecule has 5 heteroatoms. The Labute approximate surface area is 220 Å². The Morgan fingerprint density at radius 2 is 1.76 bits per heavy atom. The third-order valence-corrected chi connectivity index (χ3v) is 7.78. The number of aryl methyl sites for hydroxylation is 2. The number of carbonyl (C=O) groups is 1. The van der Waals surface area contributed by atoms with Gasteiger partial charge in [0.05, 0.1) is 25.4 Å². The first-order valence-corrected chi connectivity index (χ1v) is 13.4. The number of rotatable bonds is 7. The highest BCUT2D eigenvalue weighted by Gasteiger charge is 2.35. The second-order valence-electron chi connectivity index (χ2n) is 10.5. The van der Waals surface area contributed by atoms with Crippen molar-refractivity contribution in [3.63, 3.8) is 0 Å². The minimum atomic E-state index is -0.131. The maximum absolute atomic E-state index is 13.7. The number of benzene rings is 3. The van der Waals surface area contributed by atoms with E-state index in [9.17, 15) is 4.79 Å². The Kier molecular flexibility index (Phi) is 7.71. The molecule has 3 aromatic rings. The standard InChI is InChI=1S/C32H37N3O2/c1-23-12-13-24(2)29(18-23)30-21-31(27-10-7-11-28(20-27)37-3)35(33-30)32(36)22-34-16-14-26(15-17-34)19-25-8-5-4-6-9-25/h4-13,18,20,26,31H,14-17,19,21-22H2,1-3H3/t31-/m0/s1. The summed E-state index contributed by atoms with van der Waals surface area (Å²) in [5, 5.41) is 6.68. The van der Waals surface area contributed by atoms with Crippen molar-refractivity contribution in [3.05, 3.63) is 101 Å². The maximum Gasteiger partial charge on any atom is 0.257 e. The summed E-state index contributed by atoms with van der Waals surface area (Å²) < 4.78 is 5.48. The number of hydrogen-bond donors (Lipinski definition) is 0. The molecule has 0 aliphatic carbocycles. The highest BCUT2D eigenvalue weighted by atomic mass is 16.5. The third-order valence-electron chi connectivity index (χ3n) is 7.78. The van der Waals surface area contributed by atoms with E-state index in [1.807, 2.05) is 18.2 Å². The predicted octanol–water partition coefficient (Wildman–Crippen LogP) is 5.94. The first kappa shape index (κ1) is 25.2. The number of ether oxygens (including phenoxy) is 1. The molecule has 5 rings (SSSR count). The first-order chi connectivity index (χ1) is 18.0. The van der Waals surface area contributed by atoms with Crippen molar-refractivity contribution in [1.29, 1.82) is 0 Å². The zero-order valence-corrected chi connectivity index (χ0v) is 22.2. The van der Waals surface area contributed by atoms with Crippen LogP contribution < -0.4 is 4.74 Å². The van der Waals surface area contributed by atoms with Crippen molar-refractivity contribution in [2.75, 3.05) is 26.7 Å². The highest BCUT2D eigenvalue weighted by molar-refractivity contribution is 6.04. The zero-order valence-electron chi connectivity index (χ0n) is 22.2. The SMILES string of the molecule is COc1cccc([C@@H]2CC(c3cc(C)ccc3C)=NN2C(=O)CN2CCC(Cc3ccccc3)CC2)c1. The molecule has 1 amide bonds. The third kappa shape index (κ3) is 5.94. The fourth-order valence-electron chi connectivity index (χ4n) is 5.62. The second-order valence-corrected chi connectivity index (χ2v) is 10.5. The summed E-state index contributed by atoms with van der Waals surface area (Å²) in [5.41, 5.74) is 6.95. The summed E-state index contributed by atoms with van der Waals surface area (Å²) in [6.45, 7) is 6.52. The fraction of sp³-hybridized carbons (Fsp3) is 0.375. The van der Waals surface area contributed by atoms with Gasteiger partial charge in [-0.25, -0.2) is 5.01 Å². The summed E-state index contributed by atoms with van der Waals surface area (Å²) in [6, 6.07) is 25.1. The molecule has 2 aliphatic heterocycles. The van der Waals surface area contributed by atoms with Crippen LogP contribution in [0.3, 0.4) is 0 Å². The number of amides is 1. The molecule has 37 heavy (non-hydrogen) atoms. The quantitative estimate of drug-likeness (QED) is 0.407. The van der Waals surface area contributed by atoms with Gasteiger partial charge < -0.3 is 4.74 Å². The van der Waals surface area contributed by atoms with E-state index in [4.69, 9.17) is 9.84 Å². The Balaban J connectivity index is 1.31. The van der Waals surface area contributed by atoms with Gasteiger partial charge >= 0.3 is 0 Å². The Bertz CT molecular complexity index is 1260. The fourth-order valence-corrected chi connectivity index (χ4v) is 5.62. The van der Waals surface area contributed by atoms with Gasteiger partial charge in [-0.05, 0) is 87.0 Å². The van der Waals surface area contributed by atoms with Crippen LogP contribution in [0.1, 0.15) is 53.1 Å². The molecule has 0 N–H and O–H groups in total. The van der Waals surface area contributed by atoms with E-state index >= 15 is 0 Å². The Hall–Kier alpha value is -3.44. The van der Waals surface area contributed by atoms with E-state index in [-0.39, 0.29) is 11.9 Å². The van der Waals surface area contributed by atoms with Crippen LogP contribution >= 0.6 is 0 Å². The Morgan fingerprint density at radius 1 is 0.973 bits per heavy atom. The molecule has 1 saturated heterocycles. The largest absolute Gasteiger partial charge is 0.497 e. The molecule has 0 radical (unpaired) electrons. The molecule has 2 aliphatic rings. The first-order valence-electron chi connectivity index (χ1n) is 13.4. The zero-order chi connectivity index (χ0) is 25.8. The van der Waals surface area contributed by atoms with E-state index in [0.717, 1.165) is 54.9 Å². The molecule has 3 aromatic carbocycles. The monoisotopic (exact) mass is 495 g/mol. The lowest BCUT2D eigenvalue weighted by Crippen LogP contribution is -2.42. The van der Waals surface area contributed by atoms with E-state index in [2.05, 4.69) is 73.3 Å². The van der Waals surface area contributed by atoms with Crippen LogP contribution in [0.15, 0.2) is 77.9 Å². The van der Waals surface area contributed by atoms with Gasteiger partial charge in [0.2, 0.25) is 0 Å². The predicted molar refractivity (Wildman–Crippen MR) is 149 cm³/mol. The van der Waals surface area contributed by atoms with Gasteiger partial charge in [-0.15, -0.1) is 0 Å². The number of piperidine rings is 1. The van der Waals surface area contributed by atoms with Crippen molar-refractivity contribution < 1.29 is 9.53 Å². The molecule has 1 fully saturated rings. The lowest BCUT2D eigenvalue weighted by atomic mass is 9.90. The minimum absolute atomic E-state index is 0.0645. The summed E-state index contributed by atoms with van der Waals surface area (Å²) in [5.74, 6) is 1.54. The summed E-state index contributed by atoms with van der Waals surface area (Å²) in [7, 11) is 1.68. The molecular weight excluding hydrogens is 458 g/mol. The maximum atomic E-state index is 13.7. The molecule has 0 saturated carbocycles. The number of likely N-dealkylation sites (tertiary alicyclic amines) is 1. The van der Waals surface area contributed by atoms with Gasteiger partial charge in [0.15, 0.2) is 0 Å². The van der Waals surface area contributed by atoms with Crippen molar-refractivity contribution in [2.45, 2.75) is 45.6 Å². The van der Waals surface area contributed by atoms with Crippen molar-refractivity contribution in [3.8, 4) is 5.75 Å². The summed E-state index contributed by atoms with van der Waals surface area (Å²) in [6.07, 6.45) is 4.06. The molecule has 0 spiro atoms. The smallest absolute Gasteiger partial charge is 0.257 e. The number of methoxy groups -OCH3 is 1. The highest BCUT2D eigenvalue weighted by Crippen LogP contribution is 2.35. The van der Waals surface area contributed by atoms with Gasteiger partial charge in [-0.3, -0.25) is 9.69 Å². The molecule has 0 unspecified atom stereocenters. The average molecular weight is 496 g/mol. The van der Waals surface area contributed by atoms with E-state index in [1.165, 1.54) is 16.7 Å². The second kappa shape index (κ2) is 11.3. The van der Waals surface area contributed by atoms with Crippen molar-refractivity contribution in [1.82, 2.24) is 9.91 Å². The minimum Gasteiger partial charge on any atom is -0.497 e. The Morgan fingerprint density at radius 3 is 2.51 bits per heavy atom.